The molecule has 1 aliphatic heterocycles. The monoisotopic (exact) mass is 481 g/mol. The summed E-state index contributed by atoms with van der Waals surface area (Å²) in [5.74, 6) is 0.000191. The van der Waals surface area contributed by atoms with Gasteiger partial charge in [0.05, 0.1) is 36.5 Å². The molecule has 0 bridgehead atoms. The molecule has 35 heavy (non-hydrogen) atoms. The standard InChI is InChI=1S/C28H35NO6/c1-6-9-15-29-25(19-11-10-12-21(16-19)35-18(4)5)24(27(31)28(29)32)26(30)22-14-13-20(33-7-2)17-23(22)34-8-3/h10-14,16-18,25,30H,6-9,15H2,1-5H3/b26-24-. The Morgan fingerprint density at radius 1 is 1.00 bits per heavy atom. The number of hydrogen-bond acceptors (Lipinski definition) is 6. The van der Waals surface area contributed by atoms with Crippen LogP contribution in [0.15, 0.2) is 48.0 Å². The Kier molecular flexibility index (Phi) is 8.79. The van der Waals surface area contributed by atoms with Crippen molar-refractivity contribution in [2.24, 2.45) is 0 Å². The number of carbonyl (C=O) groups excluding carboxylic acids is 2. The molecule has 1 saturated heterocycles. The average molecular weight is 482 g/mol. The molecule has 188 valence electrons. The summed E-state index contributed by atoms with van der Waals surface area (Å²) in [6.45, 7) is 10.8. The fourth-order valence-corrected chi connectivity index (χ4v) is 4.19. The van der Waals surface area contributed by atoms with Crippen molar-refractivity contribution in [1.29, 1.82) is 0 Å². The van der Waals surface area contributed by atoms with Gasteiger partial charge in [-0.3, -0.25) is 9.59 Å². The highest BCUT2D eigenvalue weighted by atomic mass is 16.5. The number of aliphatic hydroxyl groups is 1. The summed E-state index contributed by atoms with van der Waals surface area (Å²) in [6, 6.07) is 11.6. The minimum Gasteiger partial charge on any atom is -0.507 e. The summed E-state index contributed by atoms with van der Waals surface area (Å²) in [4.78, 5) is 27.9. The summed E-state index contributed by atoms with van der Waals surface area (Å²) < 4.78 is 17.2. The number of unbranched alkanes of at least 4 members (excludes halogenated alkanes) is 1. The van der Waals surface area contributed by atoms with Gasteiger partial charge in [-0.25, -0.2) is 0 Å². The van der Waals surface area contributed by atoms with Crippen LogP contribution in [0.4, 0.5) is 0 Å². The van der Waals surface area contributed by atoms with E-state index in [2.05, 4.69) is 0 Å². The number of ether oxygens (including phenoxy) is 3. The lowest BCUT2D eigenvalue weighted by atomic mass is 9.94. The number of carbonyl (C=O) groups is 2. The Labute approximate surface area is 207 Å². The molecular formula is C28H35NO6. The minimum absolute atomic E-state index is 0.0330. The van der Waals surface area contributed by atoms with E-state index in [1.807, 2.05) is 58.9 Å². The van der Waals surface area contributed by atoms with Crippen molar-refractivity contribution < 1.29 is 28.9 Å². The molecule has 2 aromatic carbocycles. The third-order valence-electron chi connectivity index (χ3n) is 5.66. The molecule has 0 saturated carbocycles. The van der Waals surface area contributed by atoms with Crippen LogP contribution in [-0.4, -0.2) is 47.6 Å². The molecule has 1 N–H and O–H groups in total. The molecular weight excluding hydrogens is 446 g/mol. The molecule has 1 atom stereocenters. The number of amides is 1. The van der Waals surface area contributed by atoms with E-state index >= 15 is 0 Å². The van der Waals surface area contributed by atoms with E-state index in [9.17, 15) is 14.7 Å². The minimum atomic E-state index is -0.738. The number of nitrogens with zero attached hydrogens (tertiary/aromatic N) is 1. The van der Waals surface area contributed by atoms with Gasteiger partial charge in [0.25, 0.3) is 11.7 Å². The zero-order valence-electron chi connectivity index (χ0n) is 21.2. The largest absolute Gasteiger partial charge is 0.507 e. The van der Waals surface area contributed by atoms with Gasteiger partial charge >= 0.3 is 0 Å². The number of ketones is 1. The van der Waals surface area contributed by atoms with Crippen molar-refractivity contribution in [2.45, 2.75) is 59.6 Å². The van der Waals surface area contributed by atoms with Gasteiger partial charge in [-0.2, -0.15) is 0 Å². The van der Waals surface area contributed by atoms with E-state index in [-0.39, 0.29) is 17.4 Å². The van der Waals surface area contributed by atoms with E-state index < -0.39 is 17.7 Å². The van der Waals surface area contributed by atoms with Gasteiger partial charge in [-0.15, -0.1) is 0 Å². The first-order chi connectivity index (χ1) is 16.8. The highest BCUT2D eigenvalue weighted by Crippen LogP contribution is 2.42. The molecule has 0 aromatic heterocycles. The Morgan fingerprint density at radius 3 is 2.40 bits per heavy atom. The second-order valence-electron chi connectivity index (χ2n) is 8.61. The first-order valence-electron chi connectivity index (χ1n) is 12.3. The Morgan fingerprint density at radius 2 is 1.74 bits per heavy atom. The number of rotatable bonds is 11. The number of aliphatic hydroxyl groups excluding tert-OH is 1. The van der Waals surface area contributed by atoms with Crippen LogP contribution in [0.1, 0.15) is 64.6 Å². The molecule has 0 spiro atoms. The van der Waals surface area contributed by atoms with Crippen molar-refractivity contribution >= 4 is 17.4 Å². The summed E-state index contributed by atoms with van der Waals surface area (Å²) in [5, 5.41) is 11.5. The maximum atomic E-state index is 13.3. The lowest BCUT2D eigenvalue weighted by Gasteiger charge is -2.26. The SMILES string of the molecule is CCCCN1C(=O)C(=O)/C(=C(\O)c2ccc(OCC)cc2OCC)C1c1cccc(OC(C)C)c1. The smallest absolute Gasteiger partial charge is 0.295 e. The summed E-state index contributed by atoms with van der Waals surface area (Å²) in [6.07, 6.45) is 1.56. The molecule has 2 aromatic rings. The molecule has 1 heterocycles. The lowest BCUT2D eigenvalue weighted by molar-refractivity contribution is -0.139. The third-order valence-corrected chi connectivity index (χ3v) is 5.66. The fourth-order valence-electron chi connectivity index (χ4n) is 4.19. The van der Waals surface area contributed by atoms with Gasteiger partial charge in [-0.05, 0) is 63.9 Å². The highest BCUT2D eigenvalue weighted by Gasteiger charge is 2.46. The van der Waals surface area contributed by atoms with Gasteiger partial charge in [0, 0.05) is 12.6 Å². The number of hydrogen-bond donors (Lipinski definition) is 1. The summed E-state index contributed by atoms with van der Waals surface area (Å²) in [7, 11) is 0. The number of Topliss-reactive ketones (excluding diaryl/α,β-unsaturated/α-hetero) is 1. The fraction of sp³-hybridized carbons (Fsp3) is 0.429. The van der Waals surface area contributed by atoms with Crippen LogP contribution in [0.3, 0.4) is 0 Å². The quantitative estimate of drug-likeness (QED) is 0.259. The third kappa shape index (κ3) is 5.78. The van der Waals surface area contributed by atoms with Gasteiger partial charge in [0.1, 0.15) is 23.0 Å². The maximum absolute atomic E-state index is 13.3. The van der Waals surface area contributed by atoms with Crippen LogP contribution in [0.5, 0.6) is 17.2 Å². The Bertz CT molecular complexity index is 1090. The zero-order chi connectivity index (χ0) is 25.5. The van der Waals surface area contributed by atoms with E-state index in [4.69, 9.17) is 14.2 Å². The van der Waals surface area contributed by atoms with Crippen LogP contribution in [0, 0.1) is 0 Å². The molecule has 1 fully saturated rings. The molecule has 1 amide bonds. The zero-order valence-corrected chi connectivity index (χ0v) is 21.2. The predicted molar refractivity (Wildman–Crippen MR) is 135 cm³/mol. The van der Waals surface area contributed by atoms with Crippen LogP contribution in [0.2, 0.25) is 0 Å². The molecule has 0 aliphatic carbocycles. The normalized spacial score (nSPS) is 17.2. The molecule has 7 nitrogen and oxygen atoms in total. The van der Waals surface area contributed by atoms with Crippen molar-refractivity contribution in [3.63, 3.8) is 0 Å². The number of benzene rings is 2. The first kappa shape index (κ1) is 26.1. The van der Waals surface area contributed by atoms with E-state index in [0.717, 1.165) is 12.8 Å². The second kappa shape index (κ2) is 11.8. The van der Waals surface area contributed by atoms with E-state index in [1.54, 1.807) is 23.1 Å². The van der Waals surface area contributed by atoms with E-state index in [0.29, 0.717) is 48.1 Å². The molecule has 0 radical (unpaired) electrons. The highest BCUT2D eigenvalue weighted by molar-refractivity contribution is 6.46. The van der Waals surface area contributed by atoms with Crippen LogP contribution >= 0.6 is 0 Å². The van der Waals surface area contributed by atoms with Crippen LogP contribution < -0.4 is 14.2 Å². The second-order valence-corrected chi connectivity index (χ2v) is 8.61. The summed E-state index contributed by atoms with van der Waals surface area (Å²) in [5.41, 5.74) is 1.07. The molecule has 1 aliphatic rings. The van der Waals surface area contributed by atoms with Crippen LogP contribution in [-0.2, 0) is 9.59 Å². The van der Waals surface area contributed by atoms with Gasteiger partial charge in [-0.1, -0.05) is 25.5 Å². The summed E-state index contributed by atoms with van der Waals surface area (Å²) >= 11 is 0. The van der Waals surface area contributed by atoms with Gasteiger partial charge in [0.2, 0.25) is 0 Å². The van der Waals surface area contributed by atoms with Gasteiger partial charge in [0.15, 0.2) is 0 Å². The molecule has 7 heteroatoms. The van der Waals surface area contributed by atoms with Gasteiger partial charge < -0.3 is 24.2 Å². The number of likely N-dealkylation sites (tertiary alicyclic amines) is 1. The van der Waals surface area contributed by atoms with Crippen molar-refractivity contribution in [1.82, 2.24) is 4.90 Å². The molecule has 3 rings (SSSR count). The van der Waals surface area contributed by atoms with Crippen molar-refractivity contribution in [3.05, 3.63) is 59.2 Å². The lowest BCUT2D eigenvalue weighted by Crippen LogP contribution is -2.30. The molecule has 1 unspecified atom stereocenters. The van der Waals surface area contributed by atoms with E-state index in [1.165, 1.54) is 0 Å². The van der Waals surface area contributed by atoms with Crippen molar-refractivity contribution in [3.8, 4) is 17.2 Å². The average Bonchev–Trinajstić information content (AvgIpc) is 3.07. The Hall–Kier alpha value is -3.48. The maximum Gasteiger partial charge on any atom is 0.295 e. The predicted octanol–water partition coefficient (Wildman–Crippen LogP) is 5.49. The van der Waals surface area contributed by atoms with Crippen LogP contribution in [0.25, 0.3) is 5.76 Å². The Balaban J connectivity index is 2.18. The topological polar surface area (TPSA) is 85.3 Å². The van der Waals surface area contributed by atoms with Crippen molar-refractivity contribution in [2.75, 3.05) is 19.8 Å². The first-order valence-corrected chi connectivity index (χ1v) is 12.3.